The average molecular weight is 273 g/mol. The Balaban J connectivity index is 2.37. The lowest BCUT2D eigenvalue weighted by atomic mass is 10.1. The molecule has 6 heteroatoms. The number of aromatic amines is 2. The molecule has 0 saturated heterocycles. The lowest BCUT2D eigenvalue weighted by Gasteiger charge is -2.12. The molecule has 1 aromatic carbocycles. The highest BCUT2D eigenvalue weighted by atomic mass is 16.2. The zero-order valence-electron chi connectivity index (χ0n) is 11.5. The van der Waals surface area contributed by atoms with Gasteiger partial charge in [-0.1, -0.05) is 17.7 Å². The second-order valence-electron chi connectivity index (χ2n) is 4.73. The first kappa shape index (κ1) is 13.8. The third-order valence-electron chi connectivity index (χ3n) is 2.92. The Morgan fingerprint density at radius 3 is 2.15 bits per heavy atom. The maximum Gasteiger partial charge on any atom is 0.326 e. The summed E-state index contributed by atoms with van der Waals surface area (Å²) in [6.45, 7) is 5.74. The fraction of sp³-hybridized carbons (Fsp3) is 0.214. The second-order valence-corrected chi connectivity index (χ2v) is 4.73. The number of aromatic nitrogens is 2. The van der Waals surface area contributed by atoms with Crippen LogP contribution in [0.3, 0.4) is 0 Å². The van der Waals surface area contributed by atoms with E-state index in [0.717, 1.165) is 22.8 Å². The van der Waals surface area contributed by atoms with Crippen LogP contribution in [-0.4, -0.2) is 15.9 Å². The zero-order chi connectivity index (χ0) is 14.9. The van der Waals surface area contributed by atoms with Crippen molar-refractivity contribution in [2.45, 2.75) is 20.8 Å². The summed E-state index contributed by atoms with van der Waals surface area (Å²) >= 11 is 0. The summed E-state index contributed by atoms with van der Waals surface area (Å²) in [4.78, 5) is 38.7. The van der Waals surface area contributed by atoms with Gasteiger partial charge < -0.3 is 10.3 Å². The van der Waals surface area contributed by atoms with E-state index in [4.69, 9.17) is 0 Å². The first-order chi connectivity index (χ1) is 9.36. The summed E-state index contributed by atoms with van der Waals surface area (Å²) in [7, 11) is 0. The topological polar surface area (TPSA) is 94.8 Å². The van der Waals surface area contributed by atoms with Gasteiger partial charge in [-0.3, -0.25) is 14.6 Å². The summed E-state index contributed by atoms with van der Waals surface area (Å²) < 4.78 is 0. The predicted octanol–water partition coefficient (Wildman–Crippen LogP) is 1.24. The highest BCUT2D eigenvalue weighted by molar-refractivity contribution is 6.03. The van der Waals surface area contributed by atoms with E-state index < -0.39 is 17.2 Å². The van der Waals surface area contributed by atoms with E-state index in [0.29, 0.717) is 5.69 Å². The summed E-state index contributed by atoms with van der Waals surface area (Å²) in [5.74, 6) is -0.525. The van der Waals surface area contributed by atoms with Gasteiger partial charge in [-0.15, -0.1) is 0 Å². The molecule has 0 bridgehead atoms. The van der Waals surface area contributed by atoms with Gasteiger partial charge >= 0.3 is 5.69 Å². The Labute approximate surface area is 114 Å². The summed E-state index contributed by atoms with van der Waals surface area (Å²) in [5, 5.41) is 2.71. The summed E-state index contributed by atoms with van der Waals surface area (Å²) in [6, 6.07) is 4.95. The smallest absolute Gasteiger partial charge is 0.320 e. The number of aryl methyl sites for hydroxylation is 3. The van der Waals surface area contributed by atoms with Crippen molar-refractivity contribution >= 4 is 11.6 Å². The summed E-state index contributed by atoms with van der Waals surface area (Å²) in [6.07, 6.45) is 0. The van der Waals surface area contributed by atoms with Crippen LogP contribution in [0.25, 0.3) is 0 Å². The number of carbonyl (C=O) groups excluding carboxylic acids is 1. The molecule has 1 amide bonds. The molecule has 3 N–H and O–H groups in total. The van der Waals surface area contributed by atoms with Crippen LogP contribution < -0.4 is 16.6 Å². The number of anilines is 1. The quantitative estimate of drug-likeness (QED) is 0.768. The van der Waals surface area contributed by atoms with Crippen LogP contribution in [0.1, 0.15) is 27.2 Å². The normalized spacial score (nSPS) is 10.3. The van der Waals surface area contributed by atoms with Gasteiger partial charge in [0.25, 0.3) is 11.5 Å². The van der Waals surface area contributed by atoms with Crippen LogP contribution in [0, 0.1) is 20.8 Å². The zero-order valence-corrected chi connectivity index (χ0v) is 11.5. The van der Waals surface area contributed by atoms with Gasteiger partial charge in [-0.25, -0.2) is 4.79 Å². The highest BCUT2D eigenvalue weighted by Crippen LogP contribution is 2.22. The third kappa shape index (κ3) is 2.85. The van der Waals surface area contributed by atoms with Crippen molar-refractivity contribution < 1.29 is 4.79 Å². The first-order valence-electron chi connectivity index (χ1n) is 6.09. The number of amides is 1. The van der Waals surface area contributed by atoms with Gasteiger partial charge in [-0.2, -0.15) is 0 Å². The van der Waals surface area contributed by atoms with Crippen molar-refractivity contribution in [3.8, 4) is 0 Å². The Morgan fingerprint density at radius 2 is 1.60 bits per heavy atom. The van der Waals surface area contributed by atoms with Gasteiger partial charge in [0.1, 0.15) is 5.69 Å². The lowest BCUT2D eigenvalue weighted by Crippen LogP contribution is -2.27. The van der Waals surface area contributed by atoms with E-state index in [1.165, 1.54) is 0 Å². The van der Waals surface area contributed by atoms with E-state index in [1.54, 1.807) is 0 Å². The predicted molar refractivity (Wildman–Crippen MR) is 76.3 cm³/mol. The Morgan fingerprint density at radius 1 is 1.00 bits per heavy atom. The maximum atomic E-state index is 12.1. The molecule has 2 rings (SSSR count). The molecule has 0 aliphatic rings. The highest BCUT2D eigenvalue weighted by Gasteiger charge is 2.11. The van der Waals surface area contributed by atoms with Crippen molar-refractivity contribution in [1.29, 1.82) is 0 Å². The van der Waals surface area contributed by atoms with E-state index in [-0.39, 0.29) is 5.69 Å². The molecule has 2 aromatic rings. The van der Waals surface area contributed by atoms with Crippen LogP contribution in [0.4, 0.5) is 5.69 Å². The molecule has 104 valence electrons. The fourth-order valence-corrected chi connectivity index (χ4v) is 2.15. The summed E-state index contributed by atoms with van der Waals surface area (Å²) in [5.41, 5.74) is 2.23. The van der Waals surface area contributed by atoms with Crippen molar-refractivity contribution in [2.75, 3.05) is 5.32 Å². The minimum atomic E-state index is -0.708. The Bertz CT molecular complexity index is 735. The first-order valence-corrected chi connectivity index (χ1v) is 6.09. The van der Waals surface area contributed by atoms with E-state index in [9.17, 15) is 14.4 Å². The third-order valence-corrected chi connectivity index (χ3v) is 2.92. The van der Waals surface area contributed by atoms with Gasteiger partial charge in [0, 0.05) is 11.8 Å². The fourth-order valence-electron chi connectivity index (χ4n) is 2.15. The number of nitrogens with one attached hydrogen (secondary N) is 3. The monoisotopic (exact) mass is 273 g/mol. The number of H-pyrrole nitrogens is 2. The molecular formula is C14H15N3O3. The molecule has 0 radical (unpaired) electrons. The molecule has 20 heavy (non-hydrogen) atoms. The van der Waals surface area contributed by atoms with Crippen LogP contribution in [0.5, 0.6) is 0 Å². The molecule has 0 aliphatic carbocycles. The molecule has 1 aromatic heterocycles. The number of benzene rings is 1. The molecule has 0 saturated carbocycles. The van der Waals surface area contributed by atoms with Crippen LogP contribution in [0.2, 0.25) is 0 Å². The minimum Gasteiger partial charge on any atom is -0.320 e. The largest absolute Gasteiger partial charge is 0.326 e. The van der Waals surface area contributed by atoms with E-state index >= 15 is 0 Å². The van der Waals surface area contributed by atoms with Crippen molar-refractivity contribution in [1.82, 2.24) is 9.97 Å². The SMILES string of the molecule is Cc1cc(C)c(NC(=O)c2cc(=O)[nH]c(=O)[nH]2)c(C)c1. The van der Waals surface area contributed by atoms with Crippen molar-refractivity contribution in [3.05, 3.63) is 61.4 Å². The number of carbonyl (C=O) groups is 1. The Hall–Kier alpha value is -2.63. The molecule has 6 nitrogen and oxygen atoms in total. The number of hydrogen-bond donors (Lipinski definition) is 3. The molecule has 1 heterocycles. The second kappa shape index (κ2) is 5.16. The Kier molecular flexibility index (Phi) is 3.56. The molecular weight excluding hydrogens is 258 g/mol. The molecule has 0 aliphatic heterocycles. The maximum absolute atomic E-state index is 12.1. The van der Waals surface area contributed by atoms with Crippen LogP contribution >= 0.6 is 0 Å². The number of hydrogen-bond acceptors (Lipinski definition) is 3. The van der Waals surface area contributed by atoms with E-state index in [2.05, 4.69) is 10.3 Å². The standard InChI is InChI=1S/C14H15N3O3/c1-7-4-8(2)12(9(3)5-7)17-13(19)10-6-11(18)16-14(20)15-10/h4-6H,1-3H3,(H,17,19)(H2,15,16,18,20). The van der Waals surface area contributed by atoms with Crippen LogP contribution in [-0.2, 0) is 0 Å². The van der Waals surface area contributed by atoms with Crippen molar-refractivity contribution in [3.63, 3.8) is 0 Å². The number of rotatable bonds is 2. The average Bonchev–Trinajstić information content (AvgIpc) is 2.32. The van der Waals surface area contributed by atoms with Crippen molar-refractivity contribution in [2.24, 2.45) is 0 Å². The van der Waals surface area contributed by atoms with Gasteiger partial charge in [-0.05, 0) is 31.9 Å². The van der Waals surface area contributed by atoms with E-state index in [1.807, 2.05) is 37.9 Å². The molecule has 0 unspecified atom stereocenters. The van der Waals surface area contributed by atoms with Gasteiger partial charge in [0.15, 0.2) is 0 Å². The van der Waals surface area contributed by atoms with Crippen LogP contribution in [0.15, 0.2) is 27.8 Å². The molecule has 0 spiro atoms. The van der Waals surface area contributed by atoms with Gasteiger partial charge in [0.2, 0.25) is 0 Å². The minimum absolute atomic E-state index is 0.0712. The molecule has 0 atom stereocenters. The van der Waals surface area contributed by atoms with Gasteiger partial charge in [0.05, 0.1) is 0 Å². The lowest BCUT2D eigenvalue weighted by molar-refractivity contribution is 0.102. The molecule has 0 fully saturated rings.